The standard InChI is InChI=1S/C15H16O2/c1-10-5-6-12-13(9-10)16-14(3)8-7-11(2)15(12,4)17-14/h5-9H,2H2,1,3-4H3/t14-,15+/m1/s1. The molecule has 0 saturated heterocycles. The van der Waals surface area contributed by atoms with Crippen molar-refractivity contribution in [1.82, 2.24) is 0 Å². The molecule has 2 bridgehead atoms. The van der Waals surface area contributed by atoms with Crippen molar-refractivity contribution >= 4 is 0 Å². The van der Waals surface area contributed by atoms with Crippen LogP contribution >= 0.6 is 0 Å². The monoisotopic (exact) mass is 228 g/mol. The van der Waals surface area contributed by atoms with Crippen LogP contribution < -0.4 is 4.74 Å². The Kier molecular flexibility index (Phi) is 1.88. The second-order valence-corrected chi connectivity index (χ2v) is 5.11. The van der Waals surface area contributed by atoms with E-state index in [1.54, 1.807) is 0 Å². The quantitative estimate of drug-likeness (QED) is 0.677. The maximum Gasteiger partial charge on any atom is 0.228 e. The molecule has 0 unspecified atom stereocenters. The lowest BCUT2D eigenvalue weighted by molar-refractivity contribution is -0.220. The Balaban J connectivity index is 2.27. The number of hydrogen-bond acceptors (Lipinski definition) is 2. The van der Waals surface area contributed by atoms with Crippen molar-refractivity contribution in [3.63, 3.8) is 0 Å². The summed E-state index contributed by atoms with van der Waals surface area (Å²) in [5.74, 6) is 0.211. The molecule has 2 atom stereocenters. The summed E-state index contributed by atoms with van der Waals surface area (Å²) >= 11 is 0. The second kappa shape index (κ2) is 3.02. The molecule has 0 amide bonds. The van der Waals surface area contributed by atoms with E-state index in [4.69, 9.17) is 9.47 Å². The van der Waals surface area contributed by atoms with Gasteiger partial charge in [-0.25, -0.2) is 0 Å². The van der Waals surface area contributed by atoms with Gasteiger partial charge in [-0.3, -0.25) is 0 Å². The average molecular weight is 228 g/mol. The van der Waals surface area contributed by atoms with Crippen molar-refractivity contribution in [3.8, 4) is 5.75 Å². The van der Waals surface area contributed by atoms with Gasteiger partial charge in [-0.15, -0.1) is 0 Å². The lowest BCUT2D eigenvalue weighted by Crippen LogP contribution is -2.49. The van der Waals surface area contributed by atoms with Crippen LogP contribution in [0.4, 0.5) is 0 Å². The van der Waals surface area contributed by atoms with Crippen LogP contribution in [0.2, 0.25) is 0 Å². The van der Waals surface area contributed by atoms with Crippen LogP contribution in [0.3, 0.4) is 0 Å². The average Bonchev–Trinajstić information content (AvgIpc) is 2.23. The molecule has 1 aromatic rings. The molecule has 17 heavy (non-hydrogen) atoms. The van der Waals surface area contributed by atoms with Crippen molar-refractivity contribution in [3.05, 3.63) is 53.6 Å². The van der Waals surface area contributed by atoms with Crippen LogP contribution in [0.25, 0.3) is 0 Å². The van der Waals surface area contributed by atoms with Crippen LogP contribution in [0.5, 0.6) is 5.75 Å². The molecule has 2 heterocycles. The molecule has 2 nitrogen and oxygen atoms in total. The Bertz CT molecular complexity index is 544. The summed E-state index contributed by atoms with van der Waals surface area (Å²) in [5, 5.41) is 0. The van der Waals surface area contributed by atoms with E-state index in [9.17, 15) is 0 Å². The molecule has 0 aliphatic carbocycles. The first-order valence-electron chi connectivity index (χ1n) is 5.82. The summed E-state index contributed by atoms with van der Waals surface area (Å²) in [5.41, 5.74) is 2.72. The number of benzene rings is 1. The van der Waals surface area contributed by atoms with Crippen molar-refractivity contribution in [1.29, 1.82) is 0 Å². The lowest BCUT2D eigenvalue weighted by atomic mass is 9.83. The topological polar surface area (TPSA) is 18.5 Å². The molecule has 88 valence electrons. The minimum atomic E-state index is -0.684. The first-order chi connectivity index (χ1) is 7.93. The first-order valence-corrected chi connectivity index (χ1v) is 5.82. The zero-order chi connectivity index (χ0) is 12.3. The minimum absolute atomic E-state index is 0.481. The van der Waals surface area contributed by atoms with E-state index in [1.165, 1.54) is 5.56 Å². The van der Waals surface area contributed by atoms with Crippen molar-refractivity contribution < 1.29 is 9.47 Å². The molecule has 0 aromatic heterocycles. The third kappa shape index (κ3) is 1.37. The number of ether oxygens (including phenoxy) is 2. The van der Waals surface area contributed by atoms with E-state index in [0.717, 1.165) is 16.9 Å². The van der Waals surface area contributed by atoms with E-state index >= 15 is 0 Å². The molecule has 3 rings (SSSR count). The third-order valence-electron chi connectivity index (χ3n) is 3.57. The van der Waals surface area contributed by atoms with Gasteiger partial charge in [0.1, 0.15) is 11.4 Å². The zero-order valence-corrected chi connectivity index (χ0v) is 10.4. The molecule has 1 aromatic carbocycles. The van der Waals surface area contributed by atoms with E-state index in [-0.39, 0.29) is 0 Å². The maximum atomic E-state index is 6.07. The third-order valence-corrected chi connectivity index (χ3v) is 3.57. The van der Waals surface area contributed by atoms with Crippen molar-refractivity contribution in [2.45, 2.75) is 32.2 Å². The molecular formula is C15H16O2. The highest BCUT2D eigenvalue weighted by Crippen LogP contribution is 2.49. The van der Waals surface area contributed by atoms with Crippen molar-refractivity contribution in [2.24, 2.45) is 0 Å². The molecular weight excluding hydrogens is 212 g/mol. The second-order valence-electron chi connectivity index (χ2n) is 5.11. The fourth-order valence-corrected chi connectivity index (χ4v) is 2.53. The molecule has 2 aliphatic rings. The Hall–Kier alpha value is -1.54. The zero-order valence-electron chi connectivity index (χ0n) is 10.4. The van der Waals surface area contributed by atoms with Crippen LogP contribution in [-0.2, 0) is 10.3 Å². The highest BCUT2D eigenvalue weighted by atomic mass is 16.7. The molecule has 0 radical (unpaired) electrons. The number of hydrogen-bond donors (Lipinski definition) is 0. The van der Waals surface area contributed by atoms with Crippen LogP contribution in [0.15, 0.2) is 42.5 Å². The maximum absolute atomic E-state index is 6.07. The summed E-state index contributed by atoms with van der Waals surface area (Å²) in [4.78, 5) is 0. The van der Waals surface area contributed by atoms with E-state index in [1.807, 2.05) is 26.0 Å². The van der Waals surface area contributed by atoms with Crippen LogP contribution in [0, 0.1) is 6.92 Å². The van der Waals surface area contributed by atoms with E-state index in [0.29, 0.717) is 0 Å². The Morgan fingerprint density at radius 2 is 2.00 bits per heavy atom. The van der Waals surface area contributed by atoms with Gasteiger partial charge in [-0.1, -0.05) is 24.8 Å². The summed E-state index contributed by atoms with van der Waals surface area (Å²) in [6, 6.07) is 6.19. The normalized spacial score (nSPS) is 34.2. The molecule has 0 N–H and O–H groups in total. The number of aryl methyl sites for hydroxylation is 1. The minimum Gasteiger partial charge on any atom is -0.458 e. The molecule has 2 aliphatic heterocycles. The van der Waals surface area contributed by atoms with Gasteiger partial charge in [0.05, 0.1) is 0 Å². The van der Waals surface area contributed by atoms with Crippen LogP contribution in [-0.4, -0.2) is 5.79 Å². The summed E-state index contributed by atoms with van der Waals surface area (Å²) in [6.07, 6.45) is 3.91. The highest BCUT2D eigenvalue weighted by Gasteiger charge is 2.47. The van der Waals surface area contributed by atoms with Gasteiger partial charge in [-0.2, -0.15) is 0 Å². The predicted molar refractivity (Wildman–Crippen MR) is 66.9 cm³/mol. The largest absolute Gasteiger partial charge is 0.458 e. The Morgan fingerprint density at radius 3 is 2.76 bits per heavy atom. The number of fused-ring (bicyclic) bond motifs is 4. The van der Waals surface area contributed by atoms with Gasteiger partial charge in [0.2, 0.25) is 5.79 Å². The Labute approximate surface area is 102 Å². The summed E-state index contributed by atoms with van der Waals surface area (Å²) in [6.45, 7) is 10.1. The van der Waals surface area contributed by atoms with Gasteiger partial charge in [0.25, 0.3) is 0 Å². The summed E-state index contributed by atoms with van der Waals surface area (Å²) < 4.78 is 12.0. The molecule has 2 heteroatoms. The molecule has 0 fully saturated rings. The highest BCUT2D eigenvalue weighted by molar-refractivity contribution is 5.50. The van der Waals surface area contributed by atoms with Gasteiger partial charge in [-0.05, 0) is 37.1 Å². The van der Waals surface area contributed by atoms with Gasteiger partial charge < -0.3 is 9.47 Å². The number of rotatable bonds is 0. The fourth-order valence-electron chi connectivity index (χ4n) is 2.53. The summed E-state index contributed by atoms with van der Waals surface area (Å²) in [7, 11) is 0. The van der Waals surface area contributed by atoms with Gasteiger partial charge in [0.15, 0.2) is 0 Å². The lowest BCUT2D eigenvalue weighted by Gasteiger charge is -2.47. The molecule has 0 spiro atoms. The van der Waals surface area contributed by atoms with E-state index < -0.39 is 11.4 Å². The first kappa shape index (κ1) is 10.6. The van der Waals surface area contributed by atoms with Crippen molar-refractivity contribution in [2.75, 3.05) is 0 Å². The smallest absolute Gasteiger partial charge is 0.228 e. The SMILES string of the molecule is C=C1C=C[C@]2(C)Oc3cc(C)ccc3[C@@]1(C)O2. The Morgan fingerprint density at radius 1 is 1.24 bits per heavy atom. The van der Waals surface area contributed by atoms with Gasteiger partial charge >= 0.3 is 0 Å². The van der Waals surface area contributed by atoms with Gasteiger partial charge in [0, 0.05) is 12.5 Å². The fraction of sp³-hybridized carbons (Fsp3) is 0.333. The van der Waals surface area contributed by atoms with Crippen LogP contribution in [0.1, 0.15) is 25.0 Å². The molecule has 0 saturated carbocycles. The van der Waals surface area contributed by atoms with E-state index in [2.05, 4.69) is 31.7 Å². The predicted octanol–water partition coefficient (Wildman–Crippen LogP) is 3.46.